The van der Waals surface area contributed by atoms with Crippen molar-refractivity contribution >= 4 is 17.5 Å². The molecule has 0 bridgehead atoms. The van der Waals surface area contributed by atoms with E-state index in [2.05, 4.69) is 4.99 Å². The van der Waals surface area contributed by atoms with Gasteiger partial charge in [-0.3, -0.25) is 19.5 Å². The van der Waals surface area contributed by atoms with E-state index in [9.17, 15) is 9.59 Å². The first-order chi connectivity index (χ1) is 6.16. The minimum absolute atomic E-state index is 0.0674. The first kappa shape index (κ1) is 8.41. The Kier molecular flexibility index (Phi) is 1.71. The molecule has 2 atom stereocenters. The lowest BCUT2D eigenvalue weighted by Gasteiger charge is -2.07. The lowest BCUT2D eigenvalue weighted by atomic mass is 9.93. The van der Waals surface area contributed by atoms with Crippen LogP contribution >= 0.6 is 0 Å². The number of aliphatic imine (C=N–C) groups is 1. The Morgan fingerprint density at radius 2 is 2.15 bits per heavy atom. The van der Waals surface area contributed by atoms with E-state index in [-0.39, 0.29) is 23.7 Å². The molecule has 0 spiro atoms. The van der Waals surface area contributed by atoms with Crippen LogP contribution < -0.4 is 0 Å². The number of imide groups is 1. The average molecular weight is 180 g/mol. The lowest BCUT2D eigenvalue weighted by Crippen LogP contribution is -2.28. The second-order valence-corrected chi connectivity index (χ2v) is 3.51. The van der Waals surface area contributed by atoms with Gasteiger partial charge >= 0.3 is 0 Å². The molecule has 4 nitrogen and oxygen atoms in total. The van der Waals surface area contributed by atoms with Crippen LogP contribution in [0.15, 0.2) is 4.99 Å². The van der Waals surface area contributed by atoms with E-state index in [0.717, 1.165) is 12.1 Å². The van der Waals surface area contributed by atoms with Crippen LogP contribution in [0.1, 0.15) is 13.3 Å². The molecule has 70 valence electrons. The number of likely N-dealkylation sites (tertiary alicyclic amines) is 1. The molecule has 2 aliphatic rings. The molecule has 0 aliphatic carbocycles. The quantitative estimate of drug-likeness (QED) is 0.537. The van der Waals surface area contributed by atoms with Crippen LogP contribution in [0.2, 0.25) is 0 Å². The van der Waals surface area contributed by atoms with Gasteiger partial charge in [-0.05, 0) is 6.42 Å². The summed E-state index contributed by atoms with van der Waals surface area (Å²) in [6, 6.07) is 0. The summed E-state index contributed by atoms with van der Waals surface area (Å²) in [5, 5.41) is 0. The molecular formula is C9H12N2O2. The number of hydrogen-bond donors (Lipinski definition) is 0. The molecule has 2 aliphatic heterocycles. The van der Waals surface area contributed by atoms with Gasteiger partial charge in [0, 0.05) is 12.8 Å². The molecule has 2 heterocycles. The maximum atomic E-state index is 11.6. The molecule has 1 fully saturated rings. The van der Waals surface area contributed by atoms with Crippen molar-refractivity contribution in [2.24, 2.45) is 16.8 Å². The highest BCUT2D eigenvalue weighted by molar-refractivity contribution is 6.17. The van der Waals surface area contributed by atoms with Gasteiger partial charge in [0.05, 0.1) is 18.4 Å². The van der Waals surface area contributed by atoms with Crippen LogP contribution in [0.25, 0.3) is 0 Å². The van der Waals surface area contributed by atoms with Crippen molar-refractivity contribution in [1.82, 2.24) is 4.90 Å². The Morgan fingerprint density at radius 1 is 1.46 bits per heavy atom. The van der Waals surface area contributed by atoms with Crippen LogP contribution in [0.3, 0.4) is 0 Å². The summed E-state index contributed by atoms with van der Waals surface area (Å²) in [4.78, 5) is 28.5. The Hall–Kier alpha value is -1.19. The summed E-state index contributed by atoms with van der Waals surface area (Å²) in [5.41, 5.74) is 0.896. The number of carbonyl (C=O) groups excluding carboxylic acids is 2. The van der Waals surface area contributed by atoms with Crippen molar-refractivity contribution in [2.75, 3.05) is 13.6 Å². The fourth-order valence-electron chi connectivity index (χ4n) is 2.08. The molecule has 0 N–H and O–H groups in total. The molecular weight excluding hydrogens is 168 g/mol. The van der Waals surface area contributed by atoms with Gasteiger partial charge in [0.15, 0.2) is 0 Å². The molecule has 2 amide bonds. The number of rotatable bonds is 1. The summed E-state index contributed by atoms with van der Waals surface area (Å²) >= 11 is 0. The number of hydrogen-bond acceptors (Lipinski definition) is 3. The summed E-state index contributed by atoms with van der Waals surface area (Å²) in [6.07, 6.45) is 0.772. The molecule has 0 aromatic heterocycles. The number of nitrogens with zero attached hydrogens (tertiary/aromatic N) is 2. The number of carbonyl (C=O) groups is 2. The third-order valence-electron chi connectivity index (χ3n) is 2.86. The summed E-state index contributed by atoms with van der Waals surface area (Å²) in [5.74, 6) is -0.565. The van der Waals surface area contributed by atoms with Crippen LogP contribution in [-0.4, -0.2) is 36.0 Å². The zero-order chi connectivity index (χ0) is 9.59. The Morgan fingerprint density at radius 3 is 2.77 bits per heavy atom. The second kappa shape index (κ2) is 2.65. The van der Waals surface area contributed by atoms with Gasteiger partial charge in [0.2, 0.25) is 11.8 Å². The molecule has 2 unspecified atom stereocenters. The van der Waals surface area contributed by atoms with Gasteiger partial charge in [-0.1, -0.05) is 6.92 Å². The summed E-state index contributed by atoms with van der Waals surface area (Å²) < 4.78 is 0. The molecule has 0 aromatic rings. The minimum atomic E-state index is -0.234. The predicted octanol–water partition coefficient (Wildman–Crippen LogP) is 0.0820. The average Bonchev–Trinajstić information content (AvgIpc) is 2.64. The topological polar surface area (TPSA) is 49.7 Å². The zero-order valence-electron chi connectivity index (χ0n) is 7.78. The lowest BCUT2D eigenvalue weighted by molar-refractivity contribution is -0.137. The minimum Gasteiger partial charge on any atom is -0.292 e. The van der Waals surface area contributed by atoms with Crippen molar-refractivity contribution in [3.05, 3.63) is 0 Å². The maximum absolute atomic E-state index is 11.6. The highest BCUT2D eigenvalue weighted by Crippen LogP contribution is 2.32. The SMILES string of the molecule is CCC1=NCC2C(=O)N(C)C(=O)C12. The molecule has 4 heteroatoms. The third-order valence-corrected chi connectivity index (χ3v) is 2.86. The standard InChI is InChI=1S/C9H12N2O2/c1-3-6-7-5(4-10-6)8(12)11(2)9(7)13/h5,7H,3-4H2,1-2H3. The van der Waals surface area contributed by atoms with Gasteiger partial charge in [0.25, 0.3) is 0 Å². The van der Waals surface area contributed by atoms with Gasteiger partial charge in [-0.25, -0.2) is 0 Å². The zero-order valence-corrected chi connectivity index (χ0v) is 7.78. The van der Waals surface area contributed by atoms with Gasteiger partial charge < -0.3 is 0 Å². The first-order valence-electron chi connectivity index (χ1n) is 4.51. The van der Waals surface area contributed by atoms with E-state index in [1.807, 2.05) is 6.92 Å². The smallest absolute Gasteiger partial charge is 0.238 e. The van der Waals surface area contributed by atoms with Crippen LogP contribution in [0, 0.1) is 11.8 Å². The molecule has 0 aromatic carbocycles. The molecule has 2 rings (SSSR count). The van der Waals surface area contributed by atoms with Crippen molar-refractivity contribution in [1.29, 1.82) is 0 Å². The van der Waals surface area contributed by atoms with Gasteiger partial charge in [0.1, 0.15) is 0 Å². The fraction of sp³-hybridized carbons (Fsp3) is 0.667. The largest absolute Gasteiger partial charge is 0.292 e. The summed E-state index contributed by atoms with van der Waals surface area (Å²) in [7, 11) is 1.55. The van der Waals surface area contributed by atoms with Gasteiger partial charge in [-0.15, -0.1) is 0 Å². The van der Waals surface area contributed by atoms with Crippen molar-refractivity contribution in [3.63, 3.8) is 0 Å². The van der Waals surface area contributed by atoms with E-state index in [0.29, 0.717) is 6.54 Å². The fourth-order valence-corrected chi connectivity index (χ4v) is 2.08. The Balaban J connectivity index is 2.33. The second-order valence-electron chi connectivity index (χ2n) is 3.51. The summed E-state index contributed by atoms with van der Waals surface area (Å²) in [6.45, 7) is 2.47. The normalized spacial score (nSPS) is 32.5. The Labute approximate surface area is 76.6 Å². The van der Waals surface area contributed by atoms with Crippen LogP contribution in [-0.2, 0) is 9.59 Å². The van der Waals surface area contributed by atoms with E-state index >= 15 is 0 Å². The van der Waals surface area contributed by atoms with E-state index in [1.165, 1.54) is 4.90 Å². The first-order valence-corrected chi connectivity index (χ1v) is 4.51. The third kappa shape index (κ3) is 0.944. The van der Waals surface area contributed by atoms with E-state index < -0.39 is 0 Å². The van der Waals surface area contributed by atoms with Crippen molar-refractivity contribution < 1.29 is 9.59 Å². The van der Waals surface area contributed by atoms with Crippen molar-refractivity contribution in [2.45, 2.75) is 13.3 Å². The monoisotopic (exact) mass is 180 g/mol. The molecule has 0 saturated carbocycles. The highest BCUT2D eigenvalue weighted by Gasteiger charge is 2.50. The maximum Gasteiger partial charge on any atom is 0.238 e. The number of fused-ring (bicyclic) bond motifs is 1. The molecule has 1 saturated heterocycles. The Bertz CT molecular complexity index is 309. The highest BCUT2D eigenvalue weighted by atomic mass is 16.2. The van der Waals surface area contributed by atoms with E-state index in [1.54, 1.807) is 7.05 Å². The van der Waals surface area contributed by atoms with Crippen LogP contribution in [0.4, 0.5) is 0 Å². The van der Waals surface area contributed by atoms with E-state index in [4.69, 9.17) is 0 Å². The van der Waals surface area contributed by atoms with Crippen molar-refractivity contribution in [3.8, 4) is 0 Å². The molecule has 13 heavy (non-hydrogen) atoms. The number of amides is 2. The van der Waals surface area contributed by atoms with Gasteiger partial charge in [-0.2, -0.15) is 0 Å². The predicted molar refractivity (Wildman–Crippen MR) is 47.4 cm³/mol. The van der Waals surface area contributed by atoms with Crippen LogP contribution in [0.5, 0.6) is 0 Å². The molecule has 0 radical (unpaired) electrons.